The number of rotatable bonds is 4. The maximum Gasteiger partial charge on any atom is 0.160 e. The molecule has 0 unspecified atom stereocenters. The minimum atomic E-state index is 0.708. The summed E-state index contributed by atoms with van der Waals surface area (Å²) in [5, 5.41) is 5.51. The Bertz CT molecular complexity index is 731. The molecular formula is C15H14N4S. The lowest BCUT2D eigenvalue weighted by atomic mass is 10.2. The largest absolute Gasteiger partial charge is 0.310 e. The van der Waals surface area contributed by atoms with E-state index < -0.39 is 0 Å². The molecule has 0 spiro atoms. The fraction of sp³-hybridized carbons (Fsp3) is 0.267. The Labute approximate surface area is 120 Å². The number of nitrogens with one attached hydrogen (secondary N) is 1. The van der Waals surface area contributed by atoms with Gasteiger partial charge in [0.05, 0.1) is 10.2 Å². The van der Waals surface area contributed by atoms with Crippen molar-refractivity contribution in [3.05, 3.63) is 41.7 Å². The van der Waals surface area contributed by atoms with E-state index in [0.717, 1.165) is 29.0 Å². The van der Waals surface area contributed by atoms with Crippen molar-refractivity contribution in [3.8, 4) is 11.4 Å². The highest BCUT2D eigenvalue weighted by molar-refractivity contribution is 7.17. The van der Waals surface area contributed by atoms with Crippen LogP contribution in [0, 0.1) is 0 Å². The molecule has 1 fully saturated rings. The molecule has 0 aromatic carbocycles. The zero-order valence-corrected chi connectivity index (χ0v) is 11.7. The predicted octanol–water partition coefficient (Wildman–Crippen LogP) is 3.01. The van der Waals surface area contributed by atoms with Crippen LogP contribution in [0.5, 0.6) is 0 Å². The van der Waals surface area contributed by atoms with Gasteiger partial charge in [0.15, 0.2) is 5.82 Å². The summed E-state index contributed by atoms with van der Waals surface area (Å²) in [6, 6.07) is 4.84. The summed E-state index contributed by atoms with van der Waals surface area (Å²) in [5.74, 6) is 0.739. The molecule has 0 aliphatic heterocycles. The third-order valence-corrected chi connectivity index (χ3v) is 4.29. The summed E-state index contributed by atoms with van der Waals surface area (Å²) in [7, 11) is 0. The second-order valence-corrected chi connectivity index (χ2v) is 6.05. The molecule has 3 aromatic heterocycles. The summed E-state index contributed by atoms with van der Waals surface area (Å²) in [4.78, 5) is 13.3. The molecule has 5 heteroatoms. The van der Waals surface area contributed by atoms with Crippen molar-refractivity contribution in [2.75, 3.05) is 0 Å². The van der Waals surface area contributed by atoms with Gasteiger partial charge in [-0.15, -0.1) is 11.3 Å². The highest BCUT2D eigenvalue weighted by Crippen LogP contribution is 2.24. The van der Waals surface area contributed by atoms with E-state index >= 15 is 0 Å². The highest BCUT2D eigenvalue weighted by atomic mass is 32.1. The lowest BCUT2D eigenvalue weighted by Crippen LogP contribution is -2.15. The second-order valence-electron chi connectivity index (χ2n) is 5.10. The Morgan fingerprint density at radius 2 is 2.00 bits per heavy atom. The molecule has 3 heterocycles. The molecule has 100 valence electrons. The molecule has 4 nitrogen and oxygen atoms in total. The van der Waals surface area contributed by atoms with E-state index in [-0.39, 0.29) is 0 Å². The first-order valence-corrected chi connectivity index (χ1v) is 7.64. The van der Waals surface area contributed by atoms with Gasteiger partial charge in [-0.3, -0.25) is 4.98 Å². The minimum Gasteiger partial charge on any atom is -0.310 e. The summed E-state index contributed by atoms with van der Waals surface area (Å²) in [6.45, 7) is 0.854. The lowest BCUT2D eigenvalue weighted by molar-refractivity contribution is 0.683. The van der Waals surface area contributed by atoms with Crippen LogP contribution in [0.2, 0.25) is 0 Å². The van der Waals surface area contributed by atoms with Crippen LogP contribution in [-0.4, -0.2) is 21.0 Å². The van der Waals surface area contributed by atoms with Crippen LogP contribution >= 0.6 is 11.3 Å². The van der Waals surface area contributed by atoms with Gasteiger partial charge in [-0.25, -0.2) is 9.97 Å². The van der Waals surface area contributed by atoms with Crippen molar-refractivity contribution in [2.24, 2.45) is 0 Å². The molecule has 0 radical (unpaired) electrons. The van der Waals surface area contributed by atoms with Crippen LogP contribution in [0.4, 0.5) is 0 Å². The fourth-order valence-electron chi connectivity index (χ4n) is 2.11. The maximum atomic E-state index is 4.45. The average molecular weight is 282 g/mol. The maximum absolute atomic E-state index is 4.45. The quantitative estimate of drug-likeness (QED) is 0.799. The van der Waals surface area contributed by atoms with E-state index in [0.29, 0.717) is 6.04 Å². The van der Waals surface area contributed by atoms with Crippen LogP contribution in [0.25, 0.3) is 21.6 Å². The van der Waals surface area contributed by atoms with Gasteiger partial charge in [0, 0.05) is 42.3 Å². The molecule has 0 saturated heterocycles. The van der Waals surface area contributed by atoms with E-state index in [4.69, 9.17) is 0 Å². The summed E-state index contributed by atoms with van der Waals surface area (Å²) >= 11 is 1.69. The third kappa shape index (κ3) is 2.42. The summed E-state index contributed by atoms with van der Waals surface area (Å²) in [6.07, 6.45) is 8.23. The molecule has 0 atom stereocenters. The summed E-state index contributed by atoms with van der Waals surface area (Å²) in [5.41, 5.74) is 3.14. The molecular weight excluding hydrogens is 268 g/mol. The molecule has 4 rings (SSSR count). The number of hydrogen-bond acceptors (Lipinski definition) is 5. The zero-order valence-electron chi connectivity index (χ0n) is 10.9. The average Bonchev–Trinajstić information content (AvgIpc) is 3.21. The van der Waals surface area contributed by atoms with Crippen LogP contribution in [0.15, 0.2) is 36.1 Å². The van der Waals surface area contributed by atoms with E-state index in [9.17, 15) is 0 Å². The van der Waals surface area contributed by atoms with Gasteiger partial charge in [-0.2, -0.15) is 0 Å². The zero-order chi connectivity index (χ0) is 13.4. The molecule has 3 aromatic rings. The van der Waals surface area contributed by atoms with Crippen LogP contribution in [0.3, 0.4) is 0 Å². The molecule has 1 saturated carbocycles. The monoisotopic (exact) mass is 282 g/mol. The Kier molecular flexibility index (Phi) is 2.94. The topological polar surface area (TPSA) is 50.7 Å². The first-order chi connectivity index (χ1) is 9.88. The Hall–Kier alpha value is -1.85. The number of nitrogens with zero attached hydrogens (tertiary/aromatic N) is 3. The second kappa shape index (κ2) is 4.92. The van der Waals surface area contributed by atoms with Gasteiger partial charge in [-0.05, 0) is 30.4 Å². The Morgan fingerprint density at radius 1 is 1.15 bits per heavy atom. The highest BCUT2D eigenvalue weighted by Gasteiger charge is 2.19. The normalized spacial score (nSPS) is 14.8. The van der Waals surface area contributed by atoms with Gasteiger partial charge in [0.25, 0.3) is 0 Å². The predicted molar refractivity (Wildman–Crippen MR) is 80.5 cm³/mol. The number of thiophene rings is 1. The first kappa shape index (κ1) is 11.9. The van der Waals surface area contributed by atoms with Crippen molar-refractivity contribution in [3.63, 3.8) is 0 Å². The first-order valence-electron chi connectivity index (χ1n) is 6.76. The third-order valence-electron chi connectivity index (χ3n) is 3.44. The van der Waals surface area contributed by atoms with E-state index in [1.807, 2.05) is 24.7 Å². The van der Waals surface area contributed by atoms with Crippen molar-refractivity contribution in [2.45, 2.75) is 25.4 Å². The molecule has 1 aliphatic rings. The summed E-state index contributed by atoms with van der Waals surface area (Å²) < 4.78 is 1.17. The van der Waals surface area contributed by atoms with E-state index in [2.05, 4.69) is 31.7 Å². The minimum absolute atomic E-state index is 0.708. The van der Waals surface area contributed by atoms with Crippen LogP contribution < -0.4 is 5.32 Å². The SMILES string of the molecule is c1cc2ncc(-c3ncc(CNC4CC4)cn3)cc2s1. The molecule has 1 aliphatic carbocycles. The van der Waals surface area contributed by atoms with Crippen LogP contribution in [-0.2, 0) is 6.54 Å². The molecule has 20 heavy (non-hydrogen) atoms. The Balaban J connectivity index is 1.57. The molecule has 0 bridgehead atoms. The van der Waals surface area contributed by atoms with E-state index in [1.54, 1.807) is 11.3 Å². The van der Waals surface area contributed by atoms with Crippen molar-refractivity contribution < 1.29 is 0 Å². The van der Waals surface area contributed by atoms with Gasteiger partial charge in [0.2, 0.25) is 0 Å². The number of hydrogen-bond donors (Lipinski definition) is 1. The Morgan fingerprint density at radius 3 is 2.80 bits per heavy atom. The number of pyridine rings is 1. The number of fused-ring (bicyclic) bond motifs is 1. The van der Waals surface area contributed by atoms with Crippen LogP contribution in [0.1, 0.15) is 18.4 Å². The van der Waals surface area contributed by atoms with Gasteiger partial charge in [-0.1, -0.05) is 0 Å². The van der Waals surface area contributed by atoms with Crippen molar-refractivity contribution in [1.29, 1.82) is 0 Å². The number of aromatic nitrogens is 3. The van der Waals surface area contributed by atoms with Gasteiger partial charge < -0.3 is 5.32 Å². The molecule has 1 N–H and O–H groups in total. The van der Waals surface area contributed by atoms with Crippen molar-refractivity contribution >= 4 is 21.6 Å². The molecule has 0 amide bonds. The van der Waals surface area contributed by atoms with Crippen molar-refractivity contribution in [1.82, 2.24) is 20.3 Å². The smallest absolute Gasteiger partial charge is 0.160 e. The lowest BCUT2D eigenvalue weighted by Gasteiger charge is -2.04. The van der Waals surface area contributed by atoms with Gasteiger partial charge in [0.1, 0.15) is 0 Å². The van der Waals surface area contributed by atoms with Gasteiger partial charge >= 0.3 is 0 Å². The fourth-order valence-corrected chi connectivity index (χ4v) is 2.89. The standard InChI is InChI=1S/C15H14N4S/c1-2-12(1)16-6-10-7-18-15(19-8-10)11-5-14-13(17-9-11)3-4-20-14/h3-5,7-9,12,16H,1-2,6H2. The van der Waals surface area contributed by atoms with E-state index in [1.165, 1.54) is 17.5 Å².